The first-order valence-corrected chi connectivity index (χ1v) is 6.09. The summed E-state index contributed by atoms with van der Waals surface area (Å²) in [5, 5.41) is 20.1. The van der Waals surface area contributed by atoms with Crippen molar-refractivity contribution >= 4 is 23.3 Å². The predicted octanol–water partition coefficient (Wildman–Crippen LogP) is 3.44. The maximum Gasteiger partial charge on any atom is 0.339 e. The maximum atomic E-state index is 11.1. The Morgan fingerprint density at radius 3 is 2.67 bits per heavy atom. The van der Waals surface area contributed by atoms with Gasteiger partial charge in [-0.05, 0) is 19.1 Å². The van der Waals surface area contributed by atoms with Crippen LogP contribution in [0.1, 0.15) is 16.1 Å². The molecule has 1 aromatic heterocycles. The summed E-state index contributed by atoms with van der Waals surface area (Å²) in [5.74, 6) is -1.13. The number of carboxylic acid groups (broad SMARTS) is 1. The zero-order chi connectivity index (χ0) is 15.6. The molecular formula is C13H9ClN2O5. The van der Waals surface area contributed by atoms with E-state index >= 15 is 0 Å². The molecule has 0 atom stereocenters. The van der Waals surface area contributed by atoms with E-state index in [-0.39, 0.29) is 28.6 Å². The monoisotopic (exact) mass is 308 g/mol. The van der Waals surface area contributed by atoms with Gasteiger partial charge in [-0.2, -0.15) is 0 Å². The lowest BCUT2D eigenvalue weighted by Crippen LogP contribution is -2.01. The molecule has 0 bridgehead atoms. The second kappa shape index (κ2) is 5.76. The minimum atomic E-state index is -1.18. The number of aryl methyl sites for hydroxylation is 1. The van der Waals surface area contributed by atoms with Gasteiger partial charge < -0.3 is 9.84 Å². The van der Waals surface area contributed by atoms with Crippen LogP contribution in [0, 0.1) is 17.0 Å². The Balaban J connectivity index is 2.38. The van der Waals surface area contributed by atoms with Crippen LogP contribution >= 0.6 is 11.6 Å². The van der Waals surface area contributed by atoms with E-state index in [9.17, 15) is 14.9 Å². The van der Waals surface area contributed by atoms with Gasteiger partial charge in [-0.3, -0.25) is 10.1 Å². The van der Waals surface area contributed by atoms with Crippen molar-refractivity contribution in [1.29, 1.82) is 0 Å². The number of ether oxygens (including phenoxy) is 1. The standard InChI is InChI=1S/C13H9ClN2O5/c1-7-10(16(19)20)4-5-12(15-7)21-11-6-8(14)2-3-9(11)13(17)18/h2-6H,1H3,(H,17,18). The molecule has 0 amide bonds. The zero-order valence-electron chi connectivity index (χ0n) is 10.7. The number of nitrogens with zero attached hydrogens (tertiary/aromatic N) is 2. The number of carboxylic acids is 1. The third-order valence-corrected chi connectivity index (χ3v) is 2.85. The van der Waals surface area contributed by atoms with E-state index in [1.807, 2.05) is 0 Å². The molecule has 1 N–H and O–H groups in total. The fraction of sp³-hybridized carbons (Fsp3) is 0.0769. The highest BCUT2D eigenvalue weighted by molar-refractivity contribution is 6.30. The Morgan fingerprint density at radius 2 is 2.10 bits per heavy atom. The molecule has 0 saturated heterocycles. The molecule has 21 heavy (non-hydrogen) atoms. The number of benzene rings is 1. The van der Waals surface area contributed by atoms with Gasteiger partial charge in [-0.25, -0.2) is 9.78 Å². The summed E-state index contributed by atoms with van der Waals surface area (Å²) < 4.78 is 5.37. The van der Waals surface area contributed by atoms with Gasteiger partial charge in [-0.1, -0.05) is 11.6 Å². The van der Waals surface area contributed by atoms with Crippen LogP contribution < -0.4 is 4.74 Å². The van der Waals surface area contributed by atoms with Crippen molar-refractivity contribution in [3.63, 3.8) is 0 Å². The molecule has 0 aliphatic rings. The number of hydrogen-bond acceptors (Lipinski definition) is 5. The second-order valence-corrected chi connectivity index (χ2v) is 4.50. The third kappa shape index (κ3) is 3.26. The predicted molar refractivity (Wildman–Crippen MR) is 74.1 cm³/mol. The van der Waals surface area contributed by atoms with Crippen molar-refractivity contribution in [2.24, 2.45) is 0 Å². The Morgan fingerprint density at radius 1 is 1.38 bits per heavy atom. The summed E-state index contributed by atoms with van der Waals surface area (Å²) in [6.45, 7) is 1.46. The molecule has 0 radical (unpaired) electrons. The Hall–Kier alpha value is -2.67. The molecule has 1 heterocycles. The number of rotatable bonds is 4. The number of aromatic nitrogens is 1. The summed E-state index contributed by atoms with van der Waals surface area (Å²) in [4.78, 5) is 25.2. The average Bonchev–Trinajstić information content (AvgIpc) is 2.37. The Bertz CT molecular complexity index is 732. The lowest BCUT2D eigenvalue weighted by molar-refractivity contribution is -0.385. The van der Waals surface area contributed by atoms with E-state index < -0.39 is 10.9 Å². The SMILES string of the molecule is Cc1nc(Oc2cc(Cl)ccc2C(=O)O)ccc1[N+](=O)[O-]. The van der Waals surface area contributed by atoms with Crippen LogP contribution in [0.4, 0.5) is 5.69 Å². The van der Waals surface area contributed by atoms with Crippen molar-refractivity contribution < 1.29 is 19.6 Å². The van der Waals surface area contributed by atoms with Gasteiger partial charge in [0.15, 0.2) is 0 Å². The summed E-state index contributed by atoms with van der Waals surface area (Å²) >= 11 is 5.80. The zero-order valence-corrected chi connectivity index (χ0v) is 11.5. The topological polar surface area (TPSA) is 103 Å². The average molecular weight is 309 g/mol. The van der Waals surface area contributed by atoms with Crippen molar-refractivity contribution in [3.05, 3.63) is 56.7 Å². The van der Waals surface area contributed by atoms with Crippen molar-refractivity contribution in [3.8, 4) is 11.6 Å². The molecule has 7 nitrogen and oxygen atoms in total. The molecule has 0 aliphatic heterocycles. The molecular weight excluding hydrogens is 300 g/mol. The van der Waals surface area contributed by atoms with Crippen LogP contribution in [0.2, 0.25) is 5.02 Å². The Labute approximate surface area is 123 Å². The lowest BCUT2D eigenvalue weighted by atomic mass is 10.2. The molecule has 0 saturated carbocycles. The normalized spacial score (nSPS) is 10.2. The van der Waals surface area contributed by atoms with Crippen LogP contribution in [-0.2, 0) is 0 Å². The molecule has 8 heteroatoms. The first-order valence-electron chi connectivity index (χ1n) is 5.71. The van der Waals surface area contributed by atoms with Crippen molar-refractivity contribution in [1.82, 2.24) is 4.98 Å². The number of aromatic carboxylic acids is 1. The second-order valence-electron chi connectivity index (χ2n) is 4.06. The van der Waals surface area contributed by atoms with Crippen molar-refractivity contribution in [2.45, 2.75) is 6.92 Å². The number of halogens is 1. The fourth-order valence-corrected chi connectivity index (χ4v) is 1.81. The largest absolute Gasteiger partial charge is 0.478 e. The molecule has 0 fully saturated rings. The molecule has 0 aliphatic carbocycles. The van der Waals surface area contributed by atoms with Gasteiger partial charge in [0, 0.05) is 23.2 Å². The minimum absolute atomic E-state index is 0.00996. The summed E-state index contributed by atoms with van der Waals surface area (Å²) in [5.41, 5.74) is -0.0690. The van der Waals surface area contributed by atoms with Crippen LogP contribution in [0.3, 0.4) is 0 Å². The van der Waals surface area contributed by atoms with Gasteiger partial charge in [0.05, 0.1) is 4.92 Å². The first kappa shape index (κ1) is 14.7. The smallest absolute Gasteiger partial charge is 0.339 e. The van der Waals surface area contributed by atoms with Crippen LogP contribution in [0.5, 0.6) is 11.6 Å². The van der Waals surface area contributed by atoms with E-state index in [0.29, 0.717) is 5.02 Å². The van der Waals surface area contributed by atoms with Crippen molar-refractivity contribution in [2.75, 3.05) is 0 Å². The van der Waals surface area contributed by atoms with E-state index in [0.717, 1.165) is 0 Å². The van der Waals surface area contributed by atoms with Gasteiger partial charge in [0.1, 0.15) is 17.0 Å². The molecule has 2 aromatic rings. The van der Waals surface area contributed by atoms with Gasteiger partial charge >= 0.3 is 5.97 Å². The highest BCUT2D eigenvalue weighted by atomic mass is 35.5. The number of carbonyl (C=O) groups is 1. The molecule has 108 valence electrons. The van der Waals surface area contributed by atoms with E-state index in [4.69, 9.17) is 21.4 Å². The van der Waals surface area contributed by atoms with E-state index in [1.165, 1.54) is 37.3 Å². The molecule has 1 aromatic carbocycles. The van der Waals surface area contributed by atoms with Crippen LogP contribution in [-0.4, -0.2) is 21.0 Å². The maximum absolute atomic E-state index is 11.1. The highest BCUT2D eigenvalue weighted by Crippen LogP contribution is 2.29. The quantitative estimate of drug-likeness (QED) is 0.685. The Kier molecular flexibility index (Phi) is 4.04. The lowest BCUT2D eigenvalue weighted by Gasteiger charge is -2.08. The summed E-state index contributed by atoms with van der Waals surface area (Å²) in [6, 6.07) is 6.59. The van der Waals surface area contributed by atoms with E-state index in [2.05, 4.69) is 4.98 Å². The third-order valence-electron chi connectivity index (χ3n) is 2.62. The minimum Gasteiger partial charge on any atom is -0.478 e. The number of nitro groups is 1. The highest BCUT2D eigenvalue weighted by Gasteiger charge is 2.16. The van der Waals surface area contributed by atoms with Crippen LogP contribution in [0.25, 0.3) is 0 Å². The summed E-state index contributed by atoms with van der Waals surface area (Å²) in [7, 11) is 0. The number of pyridine rings is 1. The number of hydrogen-bond donors (Lipinski definition) is 1. The molecule has 2 rings (SSSR count). The van der Waals surface area contributed by atoms with Gasteiger partial charge in [-0.15, -0.1) is 0 Å². The summed E-state index contributed by atoms with van der Waals surface area (Å²) in [6.07, 6.45) is 0. The van der Waals surface area contributed by atoms with Gasteiger partial charge in [0.2, 0.25) is 5.88 Å². The first-order chi connectivity index (χ1) is 9.88. The fourth-order valence-electron chi connectivity index (χ4n) is 1.65. The van der Waals surface area contributed by atoms with E-state index in [1.54, 1.807) is 0 Å². The van der Waals surface area contributed by atoms with Crippen LogP contribution in [0.15, 0.2) is 30.3 Å². The molecule has 0 unspecified atom stereocenters. The van der Waals surface area contributed by atoms with Gasteiger partial charge in [0.25, 0.3) is 5.69 Å². The molecule has 0 spiro atoms.